The number of hydrogen-bond donors (Lipinski definition) is 5. The topological polar surface area (TPSA) is 159 Å². The first-order valence-corrected chi connectivity index (χ1v) is 10.3. The zero-order valence-corrected chi connectivity index (χ0v) is 17.6. The second-order valence-electron chi connectivity index (χ2n) is 7.57. The number of ether oxygens (including phenoxy) is 3. The Balaban J connectivity index is 1.58. The number of aliphatic hydroxyl groups is 4. The molecule has 0 saturated carbocycles. The summed E-state index contributed by atoms with van der Waals surface area (Å²) in [6, 6.07) is 9.05. The molecule has 2 aromatic carbocycles. The molecule has 0 bridgehead atoms. The monoisotopic (exact) mass is 460 g/mol. The van der Waals surface area contributed by atoms with Crippen LogP contribution in [0.5, 0.6) is 17.2 Å². The molecule has 176 valence electrons. The first kappa shape index (κ1) is 23.0. The van der Waals surface area contributed by atoms with Crippen molar-refractivity contribution in [3.63, 3.8) is 0 Å². The summed E-state index contributed by atoms with van der Waals surface area (Å²) >= 11 is 0. The summed E-state index contributed by atoms with van der Waals surface area (Å²) in [5.74, 6) is 0.375. The number of fused-ring (bicyclic) bond motifs is 1. The van der Waals surface area contributed by atoms with E-state index >= 15 is 0 Å². The van der Waals surface area contributed by atoms with Crippen LogP contribution >= 0.6 is 0 Å². The lowest BCUT2D eigenvalue weighted by atomic mass is 9.99. The molecule has 1 aromatic heterocycles. The zero-order chi connectivity index (χ0) is 23.7. The molecule has 0 unspecified atom stereocenters. The van der Waals surface area contributed by atoms with Gasteiger partial charge in [0.2, 0.25) is 11.7 Å². The van der Waals surface area contributed by atoms with Gasteiger partial charge in [0.15, 0.2) is 0 Å². The molecular formula is C23H24O10. The Morgan fingerprint density at radius 2 is 1.73 bits per heavy atom. The minimum Gasteiger partial charge on any atom is -0.507 e. The molecule has 10 nitrogen and oxygen atoms in total. The van der Waals surface area contributed by atoms with Crippen molar-refractivity contribution in [3.05, 3.63) is 52.9 Å². The van der Waals surface area contributed by atoms with Gasteiger partial charge >= 0.3 is 0 Å². The fraction of sp³-hybridized carbons (Fsp3) is 0.348. The van der Waals surface area contributed by atoms with Crippen molar-refractivity contribution in [1.82, 2.24) is 0 Å². The smallest absolute Gasteiger partial charge is 0.229 e. The second kappa shape index (κ2) is 9.38. The molecule has 0 amide bonds. The van der Waals surface area contributed by atoms with E-state index in [2.05, 4.69) is 0 Å². The molecule has 2 heterocycles. The molecule has 1 fully saturated rings. The van der Waals surface area contributed by atoms with E-state index in [-0.39, 0.29) is 28.0 Å². The van der Waals surface area contributed by atoms with E-state index in [0.717, 1.165) is 0 Å². The standard InChI is InChI=1S/C23H24O10/c1-2-30-13-7-15(25)18-16(8-13)31-10-14(19(18)26)11-3-5-12(6-4-11)32-23-22(29)21(28)20(27)17(9-24)33-23/h3-8,10,17,20-25,27-29H,2,9H2,1H3/t17-,20+,21+,22-,23-/m0/s1. The van der Waals surface area contributed by atoms with Crippen molar-refractivity contribution in [2.75, 3.05) is 13.2 Å². The highest BCUT2D eigenvalue weighted by atomic mass is 16.7. The zero-order valence-electron chi connectivity index (χ0n) is 17.6. The molecule has 3 aromatic rings. The summed E-state index contributed by atoms with van der Waals surface area (Å²) in [6.07, 6.45) is -5.72. The van der Waals surface area contributed by atoms with Crippen LogP contribution in [0.1, 0.15) is 6.92 Å². The first-order chi connectivity index (χ1) is 15.8. The maximum atomic E-state index is 13.0. The van der Waals surface area contributed by atoms with E-state index in [4.69, 9.17) is 18.6 Å². The summed E-state index contributed by atoms with van der Waals surface area (Å²) in [5, 5.41) is 49.5. The molecule has 1 aliphatic heterocycles. The van der Waals surface area contributed by atoms with Gasteiger partial charge in [-0.15, -0.1) is 0 Å². The summed E-state index contributed by atoms with van der Waals surface area (Å²) < 4.78 is 21.8. The minimum atomic E-state index is -1.56. The first-order valence-electron chi connectivity index (χ1n) is 10.3. The van der Waals surface area contributed by atoms with Crippen LogP contribution in [0.25, 0.3) is 22.1 Å². The average Bonchev–Trinajstić information content (AvgIpc) is 2.80. The Kier molecular flexibility index (Phi) is 6.54. The van der Waals surface area contributed by atoms with Crippen LogP contribution in [-0.4, -0.2) is 69.5 Å². The fourth-order valence-corrected chi connectivity index (χ4v) is 3.67. The van der Waals surface area contributed by atoms with E-state index in [1.54, 1.807) is 19.1 Å². The molecule has 0 radical (unpaired) electrons. The van der Waals surface area contributed by atoms with Gasteiger partial charge in [-0.1, -0.05) is 12.1 Å². The summed E-state index contributed by atoms with van der Waals surface area (Å²) in [5.41, 5.74) is 0.454. The van der Waals surface area contributed by atoms with Gasteiger partial charge in [0, 0.05) is 12.1 Å². The van der Waals surface area contributed by atoms with Gasteiger partial charge < -0.3 is 44.2 Å². The van der Waals surface area contributed by atoms with Crippen molar-refractivity contribution in [2.24, 2.45) is 0 Å². The summed E-state index contributed by atoms with van der Waals surface area (Å²) in [7, 11) is 0. The average molecular weight is 460 g/mol. The molecule has 0 aliphatic carbocycles. The Morgan fingerprint density at radius 1 is 1.00 bits per heavy atom. The van der Waals surface area contributed by atoms with Crippen molar-refractivity contribution < 1.29 is 44.2 Å². The Hall–Kier alpha value is -3.15. The van der Waals surface area contributed by atoms with Gasteiger partial charge in [-0.2, -0.15) is 0 Å². The van der Waals surface area contributed by atoms with Crippen LogP contribution in [0, 0.1) is 0 Å². The van der Waals surface area contributed by atoms with Gasteiger partial charge in [-0.05, 0) is 24.6 Å². The van der Waals surface area contributed by atoms with Gasteiger partial charge in [0.25, 0.3) is 0 Å². The summed E-state index contributed by atoms with van der Waals surface area (Å²) in [4.78, 5) is 13.0. The molecule has 5 atom stereocenters. The highest BCUT2D eigenvalue weighted by molar-refractivity contribution is 5.88. The Bertz CT molecular complexity index is 1170. The quantitative estimate of drug-likeness (QED) is 0.355. The molecule has 10 heteroatoms. The largest absolute Gasteiger partial charge is 0.507 e. The van der Waals surface area contributed by atoms with Gasteiger partial charge in [-0.3, -0.25) is 4.79 Å². The van der Waals surface area contributed by atoms with E-state index in [1.807, 2.05) is 0 Å². The van der Waals surface area contributed by atoms with Crippen LogP contribution < -0.4 is 14.9 Å². The highest BCUT2D eigenvalue weighted by Crippen LogP contribution is 2.31. The predicted octanol–water partition coefficient (Wildman–Crippen LogP) is 0.743. The SMILES string of the molecule is CCOc1cc(O)c2c(=O)c(-c3ccc(O[C@H]4O[C@@H](CO)[C@@H](O)[C@@H](O)[C@@H]4O)cc3)coc2c1. The van der Waals surface area contributed by atoms with Crippen LogP contribution in [-0.2, 0) is 4.74 Å². The third-order valence-corrected chi connectivity index (χ3v) is 5.41. The third-order valence-electron chi connectivity index (χ3n) is 5.41. The van der Waals surface area contributed by atoms with Crippen LogP contribution in [0.2, 0.25) is 0 Å². The second-order valence-corrected chi connectivity index (χ2v) is 7.57. The molecule has 33 heavy (non-hydrogen) atoms. The molecule has 1 saturated heterocycles. The molecule has 4 rings (SSSR count). The number of phenols is 1. The highest BCUT2D eigenvalue weighted by Gasteiger charge is 2.44. The van der Waals surface area contributed by atoms with Crippen LogP contribution in [0.4, 0.5) is 0 Å². The van der Waals surface area contributed by atoms with Gasteiger partial charge in [0.05, 0.1) is 18.8 Å². The number of benzene rings is 2. The summed E-state index contributed by atoms with van der Waals surface area (Å²) in [6.45, 7) is 1.62. The van der Waals surface area contributed by atoms with Crippen LogP contribution in [0.3, 0.4) is 0 Å². The molecule has 0 spiro atoms. The maximum Gasteiger partial charge on any atom is 0.229 e. The molecular weight excluding hydrogens is 436 g/mol. The van der Waals surface area contributed by atoms with Gasteiger partial charge in [0.1, 0.15) is 58.9 Å². The molecule has 5 N–H and O–H groups in total. The predicted molar refractivity (Wildman–Crippen MR) is 115 cm³/mol. The van der Waals surface area contributed by atoms with Crippen molar-refractivity contribution in [1.29, 1.82) is 0 Å². The fourth-order valence-electron chi connectivity index (χ4n) is 3.67. The van der Waals surface area contributed by atoms with Gasteiger partial charge in [-0.25, -0.2) is 0 Å². The van der Waals surface area contributed by atoms with E-state index in [9.17, 15) is 30.3 Å². The van der Waals surface area contributed by atoms with E-state index < -0.39 is 42.7 Å². The van der Waals surface area contributed by atoms with Crippen molar-refractivity contribution >= 4 is 11.0 Å². The van der Waals surface area contributed by atoms with E-state index in [1.165, 1.54) is 30.5 Å². The number of rotatable bonds is 6. The maximum absolute atomic E-state index is 13.0. The lowest BCUT2D eigenvalue weighted by molar-refractivity contribution is -0.277. The van der Waals surface area contributed by atoms with Crippen molar-refractivity contribution in [3.8, 4) is 28.4 Å². The van der Waals surface area contributed by atoms with Crippen molar-refractivity contribution in [2.45, 2.75) is 37.6 Å². The van der Waals surface area contributed by atoms with E-state index in [0.29, 0.717) is 17.9 Å². The lowest BCUT2D eigenvalue weighted by Gasteiger charge is -2.39. The number of aromatic hydroxyl groups is 1. The normalized spacial score (nSPS) is 25.2. The Morgan fingerprint density at radius 3 is 2.39 bits per heavy atom. The van der Waals surface area contributed by atoms with Crippen LogP contribution in [0.15, 0.2) is 51.9 Å². The number of hydrogen-bond acceptors (Lipinski definition) is 10. The number of aliphatic hydroxyl groups excluding tert-OH is 4. The number of phenolic OH excluding ortho intramolecular Hbond substituents is 1. The lowest BCUT2D eigenvalue weighted by Crippen LogP contribution is -2.60. The Labute approximate surface area is 187 Å². The molecule has 1 aliphatic rings. The minimum absolute atomic E-state index is 0.0256. The third kappa shape index (κ3) is 4.39.